The molecule has 7 aromatic carbocycles. The molecule has 4 heterocycles. The van der Waals surface area contributed by atoms with E-state index in [0.29, 0.717) is 0 Å². The van der Waals surface area contributed by atoms with Gasteiger partial charge in [-0.05, 0) is 63.5 Å². The van der Waals surface area contributed by atoms with Crippen molar-refractivity contribution in [1.29, 1.82) is 0 Å². The third-order valence-corrected chi connectivity index (χ3v) is 11.3. The molecule has 0 aliphatic carbocycles. The molecule has 0 bridgehead atoms. The fourth-order valence-corrected chi connectivity index (χ4v) is 9.15. The van der Waals surface area contributed by atoms with Crippen molar-refractivity contribution in [1.82, 2.24) is 9.72 Å². The highest BCUT2D eigenvalue weighted by molar-refractivity contribution is 7.26. The van der Waals surface area contributed by atoms with Gasteiger partial charge in [-0.2, -0.15) is 0 Å². The third kappa shape index (κ3) is 3.66. The average molecular weight is 630 g/mol. The van der Waals surface area contributed by atoms with Gasteiger partial charge in [-0.1, -0.05) is 115 Å². The molecule has 224 valence electrons. The summed E-state index contributed by atoms with van der Waals surface area (Å²) >= 11 is 1.92. The molecule has 48 heavy (non-hydrogen) atoms. The summed E-state index contributed by atoms with van der Waals surface area (Å²) in [6, 6.07) is 52.8. The molecule has 3 aromatic heterocycles. The molecule has 0 saturated heterocycles. The van der Waals surface area contributed by atoms with Gasteiger partial charge in [-0.25, -0.2) is 4.99 Å². The van der Waals surface area contributed by atoms with Crippen LogP contribution < -0.4 is 5.32 Å². The number of hydrogen-bond acceptors (Lipinski definition) is 3. The van der Waals surface area contributed by atoms with Crippen LogP contribution in [-0.2, 0) is 0 Å². The zero-order valence-electron chi connectivity index (χ0n) is 25.8. The van der Waals surface area contributed by atoms with Gasteiger partial charge in [-0.15, -0.1) is 11.3 Å². The van der Waals surface area contributed by atoms with Gasteiger partial charge in [0.1, 0.15) is 5.84 Å². The molecular weight excluding hydrogens is 603 g/mol. The van der Waals surface area contributed by atoms with E-state index in [1.807, 2.05) is 17.4 Å². The first kappa shape index (κ1) is 26.1. The lowest BCUT2D eigenvalue weighted by Gasteiger charge is -2.24. The summed E-state index contributed by atoms with van der Waals surface area (Å²) in [4.78, 5) is 5.17. The van der Waals surface area contributed by atoms with Crippen molar-refractivity contribution in [2.45, 2.75) is 6.04 Å². The minimum absolute atomic E-state index is 0.0248. The maximum atomic E-state index is 5.17. The number of thiophene rings is 1. The minimum atomic E-state index is 0.0248. The Morgan fingerprint density at radius 1 is 0.562 bits per heavy atom. The summed E-state index contributed by atoms with van der Waals surface area (Å²) in [5.74, 6) is 0.892. The summed E-state index contributed by atoms with van der Waals surface area (Å²) in [6.07, 6.45) is 2.25. The summed E-state index contributed by atoms with van der Waals surface area (Å²) in [6.45, 7) is 0. The molecule has 1 N–H and O–H groups in total. The molecule has 1 aliphatic heterocycles. The van der Waals surface area contributed by atoms with Crippen LogP contribution in [0.3, 0.4) is 0 Å². The molecule has 0 fully saturated rings. The molecule has 0 saturated carbocycles. The quantitative estimate of drug-likeness (QED) is 0.207. The summed E-state index contributed by atoms with van der Waals surface area (Å²) in [5.41, 5.74) is 8.34. The van der Waals surface area contributed by atoms with E-state index < -0.39 is 0 Å². The second-order valence-electron chi connectivity index (χ2n) is 12.8. The van der Waals surface area contributed by atoms with Crippen LogP contribution in [0.1, 0.15) is 22.7 Å². The Bertz CT molecular complexity index is 2970. The predicted molar refractivity (Wildman–Crippen MR) is 205 cm³/mol. The van der Waals surface area contributed by atoms with Crippen LogP contribution in [0.15, 0.2) is 157 Å². The van der Waals surface area contributed by atoms with Crippen molar-refractivity contribution < 1.29 is 0 Å². The molecule has 0 amide bonds. The smallest absolute Gasteiger partial charge is 0.134 e. The molecule has 0 spiro atoms. The molecule has 10 aromatic rings. The lowest BCUT2D eigenvalue weighted by Crippen LogP contribution is -2.31. The average Bonchev–Trinajstić information content (AvgIpc) is 3.79. The Kier molecular flexibility index (Phi) is 5.32. The molecule has 1 aliphatic rings. The Hall–Kier alpha value is -5.97. The lowest BCUT2D eigenvalue weighted by atomic mass is 9.98. The molecule has 11 rings (SSSR count). The Labute approximate surface area is 280 Å². The second-order valence-corrected chi connectivity index (χ2v) is 13.9. The van der Waals surface area contributed by atoms with Gasteiger partial charge in [0.05, 0.1) is 33.0 Å². The normalized spacial score (nSPS) is 15.3. The van der Waals surface area contributed by atoms with Crippen LogP contribution in [-0.4, -0.2) is 10.2 Å². The Balaban J connectivity index is 1.13. The van der Waals surface area contributed by atoms with Crippen LogP contribution in [0.5, 0.6) is 0 Å². The molecular formula is C44H27N3S. The number of para-hydroxylation sites is 1. The van der Waals surface area contributed by atoms with Gasteiger partial charge < -0.3 is 9.72 Å². The van der Waals surface area contributed by atoms with Crippen LogP contribution in [0.4, 0.5) is 0 Å². The highest BCUT2D eigenvalue weighted by atomic mass is 32.1. The van der Waals surface area contributed by atoms with Gasteiger partial charge in [0.15, 0.2) is 0 Å². The van der Waals surface area contributed by atoms with Crippen molar-refractivity contribution in [3.05, 3.63) is 168 Å². The van der Waals surface area contributed by atoms with Crippen molar-refractivity contribution in [3.8, 4) is 0 Å². The summed E-state index contributed by atoms with van der Waals surface area (Å²) in [5, 5.41) is 14.1. The number of benzene rings is 7. The number of amidine groups is 1. The van der Waals surface area contributed by atoms with Crippen LogP contribution in [0, 0.1) is 0 Å². The monoisotopic (exact) mass is 629 g/mol. The van der Waals surface area contributed by atoms with Crippen LogP contribution in [0.25, 0.3) is 74.7 Å². The number of hydrogen-bond donors (Lipinski definition) is 1. The fourth-order valence-electron chi connectivity index (χ4n) is 7.92. The van der Waals surface area contributed by atoms with Crippen molar-refractivity contribution in [3.63, 3.8) is 0 Å². The second kappa shape index (κ2) is 9.77. The molecule has 1 atom stereocenters. The van der Waals surface area contributed by atoms with E-state index in [2.05, 4.69) is 155 Å². The van der Waals surface area contributed by atoms with Crippen molar-refractivity contribution >= 4 is 91.9 Å². The van der Waals surface area contributed by atoms with Crippen molar-refractivity contribution in [2.24, 2.45) is 4.99 Å². The third-order valence-electron chi connectivity index (χ3n) is 10.1. The molecule has 1 unspecified atom stereocenters. The molecule has 3 nitrogen and oxygen atoms in total. The number of nitrogens with zero attached hydrogens (tertiary/aromatic N) is 2. The number of nitrogens with one attached hydrogen (secondary N) is 1. The maximum Gasteiger partial charge on any atom is 0.134 e. The van der Waals surface area contributed by atoms with E-state index in [4.69, 9.17) is 4.99 Å². The van der Waals surface area contributed by atoms with Gasteiger partial charge in [0.25, 0.3) is 0 Å². The van der Waals surface area contributed by atoms with Gasteiger partial charge in [0.2, 0.25) is 0 Å². The zero-order chi connectivity index (χ0) is 31.3. The lowest BCUT2D eigenvalue weighted by molar-refractivity contribution is 0.781. The molecule has 0 radical (unpaired) electrons. The van der Waals surface area contributed by atoms with Crippen LogP contribution in [0.2, 0.25) is 0 Å². The number of fused-ring (bicyclic) bond motifs is 11. The largest absolute Gasteiger partial charge is 0.359 e. The highest BCUT2D eigenvalue weighted by Crippen LogP contribution is 2.48. The Morgan fingerprint density at radius 3 is 2.19 bits per heavy atom. The predicted octanol–water partition coefficient (Wildman–Crippen LogP) is 11.5. The first-order valence-electron chi connectivity index (χ1n) is 16.4. The molecule has 4 heteroatoms. The van der Waals surface area contributed by atoms with Crippen molar-refractivity contribution in [2.75, 3.05) is 0 Å². The van der Waals surface area contributed by atoms with E-state index >= 15 is 0 Å². The number of aliphatic imine (C=N–C) groups is 1. The van der Waals surface area contributed by atoms with Gasteiger partial charge in [0, 0.05) is 37.4 Å². The highest BCUT2D eigenvalue weighted by Gasteiger charge is 2.24. The fraction of sp³-hybridized carbons (Fsp3) is 0.0227. The SMILES string of the molecule is C1=C(c2ccc3cc4c(cc3c2)sc2c3cc5ccccc5c5c6ccccc6n(c42)c35)N=C(c2ccccc2)NC1c1ccccc1. The van der Waals surface area contributed by atoms with E-state index in [0.717, 1.165) is 22.7 Å². The summed E-state index contributed by atoms with van der Waals surface area (Å²) < 4.78 is 5.20. The maximum absolute atomic E-state index is 5.17. The van der Waals surface area contributed by atoms with Gasteiger partial charge >= 0.3 is 0 Å². The van der Waals surface area contributed by atoms with E-state index in [-0.39, 0.29) is 6.04 Å². The van der Waals surface area contributed by atoms with E-state index in [9.17, 15) is 0 Å². The van der Waals surface area contributed by atoms with Crippen LogP contribution >= 0.6 is 11.3 Å². The standard InChI is InChI=1S/C44H27N3S/c1-3-11-26(12-4-1)36-25-37(46-44(45-36)27-13-5-2-6-14-27)30-20-19-28-22-34-39(24-31(28)21-30)48-43-35-23-29-15-7-8-16-32(29)40-33-17-9-10-18-38(33)47(41(35)40)42(34)43/h1-25,36H,(H,45,46). The minimum Gasteiger partial charge on any atom is -0.359 e. The first-order chi connectivity index (χ1) is 23.8. The van der Waals surface area contributed by atoms with Gasteiger partial charge in [-0.3, -0.25) is 0 Å². The number of rotatable bonds is 3. The topological polar surface area (TPSA) is 28.8 Å². The summed E-state index contributed by atoms with van der Waals surface area (Å²) in [7, 11) is 0. The van der Waals surface area contributed by atoms with E-state index in [1.54, 1.807) is 0 Å². The van der Waals surface area contributed by atoms with E-state index in [1.165, 1.54) is 74.6 Å². The Morgan fingerprint density at radius 2 is 1.31 bits per heavy atom. The zero-order valence-corrected chi connectivity index (χ0v) is 26.6. The first-order valence-corrected chi connectivity index (χ1v) is 17.2. The number of aromatic nitrogens is 1.